The Morgan fingerprint density at radius 1 is 0.604 bits per heavy atom. The second-order valence-corrected chi connectivity index (χ2v) is 16.1. The van der Waals surface area contributed by atoms with Crippen molar-refractivity contribution in [3.63, 3.8) is 0 Å². The largest absolute Gasteiger partial charge is 0.472 e. The van der Waals surface area contributed by atoms with Gasteiger partial charge in [-0.25, -0.2) is 4.57 Å². The zero-order valence-corrected chi connectivity index (χ0v) is 35.4. The molecule has 0 saturated heterocycles. The van der Waals surface area contributed by atoms with Gasteiger partial charge in [0.15, 0.2) is 0 Å². The normalized spacial score (nSPS) is 14.6. The molecule has 1 N–H and O–H groups in total. The van der Waals surface area contributed by atoms with E-state index >= 15 is 0 Å². The molecule has 306 valence electrons. The van der Waals surface area contributed by atoms with Gasteiger partial charge in [0, 0.05) is 13.0 Å². The number of nitrogens with zero attached hydrogens (tertiary/aromatic N) is 1. The molecule has 0 aromatic heterocycles. The number of rotatable bonds is 37. The Bertz CT molecular complexity index is 1070. The summed E-state index contributed by atoms with van der Waals surface area (Å²) in [7, 11) is 1.62. The van der Waals surface area contributed by atoms with Crippen LogP contribution in [-0.2, 0) is 27.9 Å². The summed E-state index contributed by atoms with van der Waals surface area (Å²) in [6.07, 6.45) is 46.5. The maximum absolute atomic E-state index is 12.7. The van der Waals surface area contributed by atoms with Crippen LogP contribution in [0.4, 0.5) is 0 Å². The molecular weight excluding hydrogens is 685 g/mol. The van der Waals surface area contributed by atoms with E-state index in [1.165, 1.54) is 25.7 Å². The molecule has 0 aromatic carbocycles. The number of likely N-dealkylation sites (N-methyl/N-ethyl adjacent to an activating group) is 1. The summed E-state index contributed by atoms with van der Waals surface area (Å²) in [5.41, 5.74) is 0. The molecule has 0 aromatic rings. The van der Waals surface area contributed by atoms with Crippen LogP contribution in [-0.4, -0.2) is 75.6 Å². The smallest absolute Gasteiger partial charge is 0.457 e. The lowest BCUT2D eigenvalue weighted by atomic mass is 10.1. The number of phosphoric ester groups is 1. The molecule has 0 aliphatic rings. The fourth-order valence-electron chi connectivity index (χ4n) is 5.04. The molecule has 2 unspecified atom stereocenters. The molecule has 0 radical (unpaired) electrons. The number of esters is 1. The van der Waals surface area contributed by atoms with E-state index in [1.54, 1.807) is 0 Å². The molecule has 0 rings (SSSR count). The van der Waals surface area contributed by atoms with Crippen molar-refractivity contribution in [2.24, 2.45) is 0 Å². The van der Waals surface area contributed by atoms with Gasteiger partial charge < -0.3 is 18.9 Å². The van der Waals surface area contributed by atoms with Crippen LogP contribution in [0.15, 0.2) is 72.9 Å². The molecule has 2 atom stereocenters. The summed E-state index contributed by atoms with van der Waals surface area (Å²) < 4.78 is 34.9. The highest BCUT2D eigenvalue weighted by Crippen LogP contribution is 2.43. The molecular formula is C44H79NO7P+. The van der Waals surface area contributed by atoms with Crippen molar-refractivity contribution in [3.05, 3.63) is 72.9 Å². The first-order valence-corrected chi connectivity index (χ1v) is 22.2. The number of hydrogen-bond acceptors (Lipinski definition) is 6. The quantitative estimate of drug-likeness (QED) is 0.0221. The van der Waals surface area contributed by atoms with Crippen molar-refractivity contribution in [1.29, 1.82) is 0 Å². The predicted octanol–water partition coefficient (Wildman–Crippen LogP) is 11.9. The third-order valence-electron chi connectivity index (χ3n) is 8.25. The van der Waals surface area contributed by atoms with Crippen molar-refractivity contribution in [3.8, 4) is 0 Å². The predicted molar refractivity (Wildman–Crippen MR) is 224 cm³/mol. The molecule has 0 heterocycles. The van der Waals surface area contributed by atoms with E-state index in [-0.39, 0.29) is 25.8 Å². The molecule has 0 fully saturated rings. The van der Waals surface area contributed by atoms with Gasteiger partial charge in [0.2, 0.25) is 0 Å². The lowest BCUT2D eigenvalue weighted by Crippen LogP contribution is -2.37. The number of carbonyl (C=O) groups excluding carboxylic acids is 1. The van der Waals surface area contributed by atoms with Gasteiger partial charge in [-0.2, -0.15) is 0 Å². The number of phosphoric acid groups is 1. The zero-order chi connectivity index (χ0) is 39.1. The van der Waals surface area contributed by atoms with Gasteiger partial charge in [-0.3, -0.25) is 13.8 Å². The lowest BCUT2D eigenvalue weighted by molar-refractivity contribution is -0.870. The molecule has 0 aliphatic carbocycles. The third kappa shape index (κ3) is 41.0. The zero-order valence-electron chi connectivity index (χ0n) is 34.5. The van der Waals surface area contributed by atoms with E-state index < -0.39 is 13.9 Å². The average molecular weight is 765 g/mol. The molecule has 0 spiro atoms. The highest BCUT2D eigenvalue weighted by molar-refractivity contribution is 7.47. The number of unbranched alkanes of at least 4 members (excludes halogenated alkanes) is 11. The second kappa shape index (κ2) is 36.9. The molecule has 0 bridgehead atoms. The minimum atomic E-state index is -4.29. The molecule has 9 heteroatoms. The summed E-state index contributed by atoms with van der Waals surface area (Å²) in [4.78, 5) is 22.8. The average Bonchev–Trinajstić information content (AvgIpc) is 3.11. The van der Waals surface area contributed by atoms with Gasteiger partial charge in [-0.1, -0.05) is 125 Å². The standard InChI is InChI=1S/C44H78NO7P/c1-6-8-10-12-14-16-18-20-22-24-26-28-30-32-34-36-39-49-41-43(42-51-53(47,48)50-40-38-45(3,4)5)52-44(46)37-35-33-31-29-27-25-23-21-19-17-15-13-11-9-7-2/h8,10,14-17,20-23,26,28,43H,6-7,9,11-13,18-19,24-25,27,29-42H2,1-5H3/p+1/b10-8-,16-14-,17-15-,22-20-,23-21-,28-26-. The van der Waals surface area contributed by atoms with Crippen molar-refractivity contribution in [1.82, 2.24) is 0 Å². The topological polar surface area (TPSA) is 91.3 Å². The van der Waals surface area contributed by atoms with Crippen molar-refractivity contribution < 1.29 is 37.3 Å². The Labute approximate surface area is 325 Å². The summed E-state index contributed by atoms with van der Waals surface area (Å²) in [6.45, 7) is 5.35. The van der Waals surface area contributed by atoms with Crippen LogP contribution in [0.1, 0.15) is 142 Å². The van der Waals surface area contributed by atoms with Crippen molar-refractivity contribution in [2.45, 2.75) is 148 Å². The minimum Gasteiger partial charge on any atom is -0.457 e. The van der Waals surface area contributed by atoms with E-state index in [0.717, 1.165) is 96.3 Å². The van der Waals surface area contributed by atoms with Crippen LogP contribution in [0, 0.1) is 0 Å². The lowest BCUT2D eigenvalue weighted by Gasteiger charge is -2.24. The van der Waals surface area contributed by atoms with Gasteiger partial charge in [0.05, 0.1) is 34.4 Å². The van der Waals surface area contributed by atoms with Gasteiger partial charge in [0.25, 0.3) is 0 Å². The summed E-state index contributed by atoms with van der Waals surface area (Å²) in [5, 5.41) is 0. The Kier molecular flexibility index (Phi) is 35.5. The van der Waals surface area contributed by atoms with Crippen LogP contribution in [0.5, 0.6) is 0 Å². The van der Waals surface area contributed by atoms with E-state index in [4.69, 9.17) is 18.5 Å². The van der Waals surface area contributed by atoms with E-state index in [1.807, 2.05) is 21.1 Å². The maximum atomic E-state index is 12.7. The number of allylic oxidation sites excluding steroid dienone is 12. The summed E-state index contributed by atoms with van der Waals surface area (Å²) in [5.74, 6) is -0.343. The van der Waals surface area contributed by atoms with Gasteiger partial charge in [0.1, 0.15) is 19.3 Å². The van der Waals surface area contributed by atoms with E-state index in [0.29, 0.717) is 24.1 Å². The fraction of sp³-hybridized carbons (Fsp3) is 0.705. The molecule has 0 amide bonds. The monoisotopic (exact) mass is 765 g/mol. The number of quaternary nitrogens is 1. The van der Waals surface area contributed by atoms with Crippen LogP contribution in [0.2, 0.25) is 0 Å². The first-order valence-electron chi connectivity index (χ1n) is 20.7. The Hall–Kier alpha value is -2.06. The molecule has 53 heavy (non-hydrogen) atoms. The van der Waals surface area contributed by atoms with Crippen LogP contribution >= 0.6 is 7.82 Å². The van der Waals surface area contributed by atoms with Crippen LogP contribution in [0.25, 0.3) is 0 Å². The molecule has 8 nitrogen and oxygen atoms in total. The second-order valence-electron chi connectivity index (χ2n) is 14.6. The van der Waals surface area contributed by atoms with E-state index in [2.05, 4.69) is 86.8 Å². The first-order chi connectivity index (χ1) is 25.6. The third-order valence-corrected chi connectivity index (χ3v) is 9.24. The molecule has 0 aliphatic heterocycles. The summed E-state index contributed by atoms with van der Waals surface area (Å²) >= 11 is 0. The number of carbonyl (C=O) groups is 1. The van der Waals surface area contributed by atoms with Gasteiger partial charge >= 0.3 is 13.8 Å². The Balaban J connectivity index is 4.38. The SMILES string of the molecule is CC/C=C\C/C=C\C/C=C\C/C=C\CCCCCOCC(COP(=O)(O)OCC[N+](C)(C)C)OC(=O)CCCCCCC/C=C\C/C=C\CCCCC. The van der Waals surface area contributed by atoms with Crippen molar-refractivity contribution in [2.75, 3.05) is 54.1 Å². The Morgan fingerprint density at radius 3 is 1.64 bits per heavy atom. The van der Waals surface area contributed by atoms with Gasteiger partial charge in [-0.15, -0.1) is 0 Å². The highest BCUT2D eigenvalue weighted by Gasteiger charge is 2.26. The van der Waals surface area contributed by atoms with Crippen LogP contribution in [0.3, 0.4) is 0 Å². The first kappa shape index (κ1) is 50.9. The Morgan fingerprint density at radius 2 is 1.09 bits per heavy atom. The molecule has 0 saturated carbocycles. The van der Waals surface area contributed by atoms with Crippen molar-refractivity contribution >= 4 is 13.8 Å². The van der Waals surface area contributed by atoms with Gasteiger partial charge in [-0.05, 0) is 83.5 Å². The maximum Gasteiger partial charge on any atom is 0.472 e. The highest BCUT2D eigenvalue weighted by atomic mass is 31.2. The minimum absolute atomic E-state index is 0.0754. The number of ether oxygens (including phenoxy) is 2. The summed E-state index contributed by atoms with van der Waals surface area (Å²) in [6, 6.07) is 0. The van der Waals surface area contributed by atoms with E-state index in [9.17, 15) is 14.3 Å². The number of hydrogen-bond donors (Lipinski definition) is 1. The fourth-order valence-corrected chi connectivity index (χ4v) is 5.78. The van der Waals surface area contributed by atoms with Crippen LogP contribution < -0.4 is 0 Å².